The van der Waals surface area contributed by atoms with Crippen molar-refractivity contribution < 1.29 is 22.7 Å². The minimum absolute atomic E-state index is 0.106. The minimum atomic E-state index is -3.58. The fourth-order valence-corrected chi connectivity index (χ4v) is 4.47. The van der Waals surface area contributed by atoms with Crippen molar-refractivity contribution in [3.63, 3.8) is 0 Å². The van der Waals surface area contributed by atoms with Crippen LogP contribution >= 0.6 is 0 Å². The first-order valence-corrected chi connectivity index (χ1v) is 10.4. The maximum Gasteiger partial charge on any atom is 0.337 e. The SMILES string of the molecule is CCOC(=O)C1=C(CN2CCN(S(=O)(=O)c3cccnc3)CC2)NC(=O)NC1. The summed E-state index contributed by atoms with van der Waals surface area (Å²) in [5, 5.41) is 5.23. The van der Waals surface area contributed by atoms with E-state index in [-0.39, 0.29) is 24.1 Å². The molecule has 10 nitrogen and oxygen atoms in total. The van der Waals surface area contributed by atoms with Gasteiger partial charge in [-0.25, -0.2) is 18.0 Å². The number of rotatable bonds is 6. The van der Waals surface area contributed by atoms with Crippen LogP contribution in [-0.4, -0.2) is 80.5 Å². The van der Waals surface area contributed by atoms with Gasteiger partial charge in [-0.2, -0.15) is 4.31 Å². The van der Waals surface area contributed by atoms with E-state index in [1.807, 2.05) is 4.90 Å². The molecule has 0 aromatic carbocycles. The van der Waals surface area contributed by atoms with E-state index in [0.717, 1.165) is 0 Å². The average Bonchev–Trinajstić information content (AvgIpc) is 2.69. The molecule has 1 saturated heterocycles. The molecule has 0 radical (unpaired) electrons. The number of hydrogen-bond acceptors (Lipinski definition) is 7. The van der Waals surface area contributed by atoms with Gasteiger partial charge >= 0.3 is 12.0 Å². The number of urea groups is 1. The molecular weight excluding hydrogens is 386 g/mol. The van der Waals surface area contributed by atoms with Gasteiger partial charge in [0.15, 0.2) is 0 Å². The summed E-state index contributed by atoms with van der Waals surface area (Å²) in [4.78, 5) is 29.8. The molecule has 2 aliphatic rings. The van der Waals surface area contributed by atoms with Gasteiger partial charge in [0, 0.05) is 50.8 Å². The molecular formula is C17H23N5O5S. The maximum atomic E-state index is 12.7. The lowest BCUT2D eigenvalue weighted by Crippen LogP contribution is -2.52. The number of hydrogen-bond donors (Lipinski definition) is 2. The first kappa shape index (κ1) is 20.2. The summed E-state index contributed by atoms with van der Waals surface area (Å²) in [6.45, 7) is 3.97. The maximum absolute atomic E-state index is 12.7. The lowest BCUT2D eigenvalue weighted by molar-refractivity contribution is -0.138. The second-order valence-electron chi connectivity index (χ2n) is 6.35. The van der Waals surface area contributed by atoms with Crippen LogP contribution in [0.3, 0.4) is 0 Å². The van der Waals surface area contributed by atoms with Crippen molar-refractivity contribution in [2.24, 2.45) is 0 Å². The molecule has 28 heavy (non-hydrogen) atoms. The Morgan fingerprint density at radius 2 is 2.04 bits per heavy atom. The number of pyridine rings is 1. The number of nitrogens with one attached hydrogen (secondary N) is 2. The van der Waals surface area contributed by atoms with Crippen molar-refractivity contribution >= 4 is 22.0 Å². The third kappa shape index (κ3) is 4.49. The molecule has 0 bridgehead atoms. The van der Waals surface area contributed by atoms with Crippen LogP contribution in [0.2, 0.25) is 0 Å². The minimum Gasteiger partial charge on any atom is -0.463 e. The number of ether oxygens (including phenoxy) is 1. The highest BCUT2D eigenvalue weighted by molar-refractivity contribution is 7.89. The highest BCUT2D eigenvalue weighted by atomic mass is 32.2. The van der Waals surface area contributed by atoms with E-state index in [1.165, 1.54) is 22.8 Å². The zero-order chi connectivity index (χ0) is 20.1. The lowest BCUT2D eigenvalue weighted by Gasteiger charge is -2.35. The van der Waals surface area contributed by atoms with Crippen LogP contribution in [-0.2, 0) is 19.6 Å². The van der Waals surface area contributed by atoms with Gasteiger partial charge in [0.2, 0.25) is 10.0 Å². The van der Waals surface area contributed by atoms with Crippen LogP contribution in [0, 0.1) is 0 Å². The van der Waals surface area contributed by atoms with Crippen LogP contribution in [0.4, 0.5) is 4.79 Å². The smallest absolute Gasteiger partial charge is 0.337 e. The first-order valence-electron chi connectivity index (χ1n) is 8.98. The lowest BCUT2D eigenvalue weighted by atomic mass is 10.1. The number of aromatic nitrogens is 1. The zero-order valence-corrected chi connectivity index (χ0v) is 16.4. The van der Waals surface area contributed by atoms with E-state index in [0.29, 0.717) is 44.0 Å². The first-order chi connectivity index (χ1) is 13.4. The number of piperazine rings is 1. The molecule has 152 valence electrons. The summed E-state index contributed by atoms with van der Waals surface area (Å²) in [6, 6.07) is 2.74. The molecule has 0 spiro atoms. The molecule has 1 aromatic rings. The predicted octanol–water partition coefficient (Wildman–Crippen LogP) is -0.482. The van der Waals surface area contributed by atoms with Gasteiger partial charge in [-0.1, -0.05) is 0 Å². The fourth-order valence-electron chi connectivity index (χ4n) is 3.08. The third-order valence-corrected chi connectivity index (χ3v) is 6.44. The summed E-state index contributed by atoms with van der Waals surface area (Å²) < 4.78 is 31.8. The molecule has 11 heteroatoms. The number of esters is 1. The van der Waals surface area contributed by atoms with Crippen molar-refractivity contribution in [3.05, 3.63) is 35.8 Å². The van der Waals surface area contributed by atoms with E-state index in [4.69, 9.17) is 4.74 Å². The number of carbonyl (C=O) groups is 2. The zero-order valence-electron chi connectivity index (χ0n) is 15.6. The Morgan fingerprint density at radius 3 is 2.68 bits per heavy atom. The average molecular weight is 409 g/mol. The van der Waals surface area contributed by atoms with Crippen molar-refractivity contribution in [1.29, 1.82) is 0 Å². The van der Waals surface area contributed by atoms with E-state index in [1.54, 1.807) is 13.0 Å². The Labute approximate surface area is 163 Å². The fraction of sp³-hybridized carbons (Fsp3) is 0.471. The van der Waals surface area contributed by atoms with Gasteiger partial charge in [-0.15, -0.1) is 0 Å². The van der Waals surface area contributed by atoms with Gasteiger partial charge in [0.05, 0.1) is 18.7 Å². The Hall–Kier alpha value is -2.50. The van der Waals surface area contributed by atoms with Crippen molar-refractivity contribution in [2.45, 2.75) is 11.8 Å². The third-order valence-electron chi connectivity index (χ3n) is 4.56. The summed E-state index contributed by atoms with van der Waals surface area (Å²) in [5.74, 6) is -0.470. The van der Waals surface area contributed by atoms with Gasteiger partial charge in [-0.3, -0.25) is 9.88 Å². The molecule has 0 saturated carbocycles. The molecule has 0 atom stereocenters. The molecule has 2 N–H and O–H groups in total. The second kappa shape index (κ2) is 8.67. The topological polar surface area (TPSA) is 121 Å². The van der Waals surface area contributed by atoms with Crippen molar-refractivity contribution in [3.8, 4) is 0 Å². The second-order valence-corrected chi connectivity index (χ2v) is 8.29. The van der Waals surface area contributed by atoms with Gasteiger partial charge in [0.25, 0.3) is 0 Å². The van der Waals surface area contributed by atoms with Crippen LogP contribution in [0.25, 0.3) is 0 Å². The Balaban J connectivity index is 1.66. The molecule has 2 amide bonds. The molecule has 1 aromatic heterocycles. The van der Waals surface area contributed by atoms with E-state index < -0.39 is 16.0 Å². The largest absolute Gasteiger partial charge is 0.463 e. The van der Waals surface area contributed by atoms with E-state index >= 15 is 0 Å². The molecule has 3 rings (SSSR count). The number of nitrogens with zero attached hydrogens (tertiary/aromatic N) is 3. The van der Waals surface area contributed by atoms with Crippen molar-refractivity contribution in [2.75, 3.05) is 45.9 Å². The summed E-state index contributed by atoms with van der Waals surface area (Å²) in [6.07, 6.45) is 2.86. The van der Waals surface area contributed by atoms with Crippen LogP contribution < -0.4 is 10.6 Å². The quantitative estimate of drug-likeness (QED) is 0.609. The van der Waals surface area contributed by atoms with Gasteiger partial charge in [0.1, 0.15) is 4.90 Å². The Morgan fingerprint density at radius 1 is 1.29 bits per heavy atom. The van der Waals surface area contributed by atoms with Crippen LogP contribution in [0.5, 0.6) is 0 Å². The van der Waals surface area contributed by atoms with Crippen molar-refractivity contribution in [1.82, 2.24) is 24.8 Å². The number of carbonyl (C=O) groups excluding carboxylic acids is 2. The molecule has 0 aliphatic carbocycles. The highest BCUT2D eigenvalue weighted by Gasteiger charge is 2.30. The normalized spacial score (nSPS) is 19.1. The molecule has 2 aliphatic heterocycles. The Kier molecular flexibility index (Phi) is 6.27. The summed E-state index contributed by atoms with van der Waals surface area (Å²) in [7, 11) is -3.58. The van der Waals surface area contributed by atoms with E-state index in [9.17, 15) is 18.0 Å². The number of amides is 2. The molecule has 1 fully saturated rings. The summed E-state index contributed by atoms with van der Waals surface area (Å²) in [5.41, 5.74) is 0.873. The van der Waals surface area contributed by atoms with Gasteiger partial charge in [-0.05, 0) is 19.1 Å². The van der Waals surface area contributed by atoms with Crippen LogP contribution in [0.1, 0.15) is 6.92 Å². The predicted molar refractivity (Wildman–Crippen MR) is 99.6 cm³/mol. The van der Waals surface area contributed by atoms with Gasteiger partial charge < -0.3 is 15.4 Å². The number of sulfonamides is 1. The van der Waals surface area contributed by atoms with E-state index in [2.05, 4.69) is 15.6 Å². The highest BCUT2D eigenvalue weighted by Crippen LogP contribution is 2.17. The van der Waals surface area contributed by atoms with Crippen LogP contribution in [0.15, 0.2) is 40.7 Å². The summed E-state index contributed by atoms with van der Waals surface area (Å²) >= 11 is 0. The monoisotopic (exact) mass is 409 g/mol. The standard InChI is InChI=1S/C17H23N5O5S/c1-2-27-16(23)14-11-19-17(24)20-15(14)12-21-6-8-22(9-7-21)28(25,26)13-4-3-5-18-10-13/h3-5,10H,2,6-9,11-12H2,1H3,(H2,19,20,24). The Bertz CT molecular complexity index is 863. The molecule has 3 heterocycles. The molecule has 0 unspecified atom stereocenters.